The number of halogens is 1. The molecular formula is C17H24ClN3O. The topological polar surface area (TPSA) is 37.4 Å². The standard InChI is InChI=1S/C17H23N3O.ClH/c1-3-5-13-12-15(20-10-8-18-9-11-20)14-6-4-7-16(21-2)17(14)19-13;/h4,6-7,12,18H,3,5,8-11H2,1-2H3;1H. The Hall–Kier alpha value is -1.52. The summed E-state index contributed by atoms with van der Waals surface area (Å²) < 4.78 is 5.51. The van der Waals surface area contributed by atoms with Gasteiger partial charge < -0.3 is 15.0 Å². The van der Waals surface area contributed by atoms with E-state index in [-0.39, 0.29) is 12.4 Å². The number of pyridine rings is 1. The van der Waals surface area contributed by atoms with Gasteiger partial charge in [0.2, 0.25) is 0 Å². The maximum absolute atomic E-state index is 5.51. The number of benzene rings is 1. The number of nitrogens with one attached hydrogen (secondary N) is 1. The lowest BCUT2D eigenvalue weighted by Crippen LogP contribution is -2.43. The fraction of sp³-hybridized carbons (Fsp3) is 0.471. The summed E-state index contributed by atoms with van der Waals surface area (Å²) in [4.78, 5) is 7.28. The van der Waals surface area contributed by atoms with E-state index in [0.29, 0.717) is 0 Å². The molecule has 5 heteroatoms. The SMILES string of the molecule is CCCc1cc(N2CCNCC2)c2cccc(OC)c2n1.Cl. The van der Waals surface area contributed by atoms with E-state index < -0.39 is 0 Å². The molecule has 0 radical (unpaired) electrons. The first kappa shape index (κ1) is 16.8. The maximum atomic E-state index is 5.51. The second-order valence-corrected chi connectivity index (χ2v) is 5.48. The average Bonchev–Trinajstić information content (AvgIpc) is 2.54. The summed E-state index contributed by atoms with van der Waals surface area (Å²) in [5.41, 5.74) is 3.44. The molecular weight excluding hydrogens is 298 g/mol. The first-order valence-electron chi connectivity index (χ1n) is 7.75. The molecule has 0 saturated carbocycles. The highest BCUT2D eigenvalue weighted by Crippen LogP contribution is 2.32. The van der Waals surface area contributed by atoms with Gasteiger partial charge in [-0.3, -0.25) is 0 Å². The maximum Gasteiger partial charge on any atom is 0.145 e. The number of methoxy groups -OCH3 is 1. The highest BCUT2D eigenvalue weighted by Gasteiger charge is 2.16. The third-order valence-electron chi connectivity index (χ3n) is 4.02. The molecule has 1 aromatic heterocycles. The number of piperazine rings is 1. The van der Waals surface area contributed by atoms with Crippen molar-refractivity contribution >= 4 is 29.0 Å². The summed E-state index contributed by atoms with van der Waals surface area (Å²) in [6.07, 6.45) is 2.11. The Kier molecular flexibility index (Phi) is 5.86. The molecule has 0 bridgehead atoms. The van der Waals surface area contributed by atoms with Crippen LogP contribution in [0, 0.1) is 0 Å². The molecule has 1 N–H and O–H groups in total. The Morgan fingerprint density at radius 1 is 1.27 bits per heavy atom. The molecule has 1 aromatic carbocycles. The van der Waals surface area contributed by atoms with Gasteiger partial charge in [0.1, 0.15) is 11.3 Å². The molecule has 1 fully saturated rings. The van der Waals surface area contributed by atoms with Crippen molar-refractivity contribution < 1.29 is 4.74 Å². The van der Waals surface area contributed by atoms with Crippen LogP contribution in [-0.4, -0.2) is 38.3 Å². The molecule has 0 aliphatic carbocycles. The lowest BCUT2D eigenvalue weighted by molar-refractivity contribution is 0.419. The molecule has 0 unspecified atom stereocenters. The quantitative estimate of drug-likeness (QED) is 0.939. The number of hydrogen-bond donors (Lipinski definition) is 1. The smallest absolute Gasteiger partial charge is 0.145 e. The highest BCUT2D eigenvalue weighted by molar-refractivity contribution is 5.95. The van der Waals surface area contributed by atoms with Crippen LogP contribution in [0.3, 0.4) is 0 Å². The van der Waals surface area contributed by atoms with E-state index in [2.05, 4.69) is 29.3 Å². The minimum absolute atomic E-state index is 0. The van der Waals surface area contributed by atoms with Crippen molar-refractivity contribution in [1.82, 2.24) is 10.3 Å². The third-order valence-corrected chi connectivity index (χ3v) is 4.02. The minimum Gasteiger partial charge on any atom is -0.494 e. The van der Waals surface area contributed by atoms with Gasteiger partial charge in [-0.2, -0.15) is 0 Å². The van der Waals surface area contributed by atoms with Gasteiger partial charge in [0, 0.05) is 42.9 Å². The fourth-order valence-corrected chi connectivity index (χ4v) is 2.97. The predicted octanol–water partition coefficient (Wildman–Crippen LogP) is 3.03. The lowest BCUT2D eigenvalue weighted by Gasteiger charge is -2.30. The number of anilines is 1. The van der Waals surface area contributed by atoms with Gasteiger partial charge in [-0.05, 0) is 18.6 Å². The van der Waals surface area contributed by atoms with Crippen molar-refractivity contribution in [3.05, 3.63) is 30.0 Å². The Morgan fingerprint density at radius 2 is 2.05 bits per heavy atom. The summed E-state index contributed by atoms with van der Waals surface area (Å²) in [5.74, 6) is 0.863. The van der Waals surface area contributed by atoms with Crippen LogP contribution in [0.15, 0.2) is 24.3 Å². The summed E-state index contributed by atoms with van der Waals surface area (Å²) >= 11 is 0. The van der Waals surface area contributed by atoms with Crippen LogP contribution >= 0.6 is 12.4 Å². The van der Waals surface area contributed by atoms with Gasteiger partial charge >= 0.3 is 0 Å². The largest absolute Gasteiger partial charge is 0.494 e. The monoisotopic (exact) mass is 321 g/mol. The highest BCUT2D eigenvalue weighted by atomic mass is 35.5. The van der Waals surface area contributed by atoms with Gasteiger partial charge in [-0.15, -0.1) is 12.4 Å². The zero-order chi connectivity index (χ0) is 14.7. The predicted molar refractivity (Wildman–Crippen MR) is 94.6 cm³/mol. The van der Waals surface area contributed by atoms with Gasteiger partial charge in [-0.25, -0.2) is 4.98 Å². The summed E-state index contributed by atoms with van der Waals surface area (Å²) in [7, 11) is 1.72. The van der Waals surface area contributed by atoms with Crippen LogP contribution in [-0.2, 0) is 6.42 Å². The molecule has 4 nitrogen and oxygen atoms in total. The molecule has 22 heavy (non-hydrogen) atoms. The molecule has 2 heterocycles. The molecule has 120 valence electrons. The Morgan fingerprint density at radius 3 is 2.73 bits per heavy atom. The Balaban J connectivity index is 0.00000176. The van der Waals surface area contributed by atoms with Gasteiger partial charge in [0.25, 0.3) is 0 Å². The first-order chi connectivity index (χ1) is 10.3. The summed E-state index contributed by atoms with van der Waals surface area (Å²) in [5, 5.41) is 4.60. The summed E-state index contributed by atoms with van der Waals surface area (Å²) in [6.45, 7) is 6.36. The molecule has 1 aliphatic rings. The van der Waals surface area contributed by atoms with Crippen molar-refractivity contribution in [3.8, 4) is 5.75 Å². The Labute approximate surface area is 138 Å². The van der Waals surface area contributed by atoms with Crippen molar-refractivity contribution in [1.29, 1.82) is 0 Å². The van der Waals surface area contributed by atoms with Crippen molar-refractivity contribution in [2.24, 2.45) is 0 Å². The third kappa shape index (κ3) is 3.28. The second-order valence-electron chi connectivity index (χ2n) is 5.48. The van der Waals surface area contributed by atoms with Crippen molar-refractivity contribution in [3.63, 3.8) is 0 Å². The van der Waals surface area contributed by atoms with E-state index in [1.807, 2.05) is 12.1 Å². The van der Waals surface area contributed by atoms with Crippen LogP contribution in [0.5, 0.6) is 5.75 Å². The first-order valence-corrected chi connectivity index (χ1v) is 7.75. The van der Waals surface area contributed by atoms with Crippen LogP contribution in [0.2, 0.25) is 0 Å². The van der Waals surface area contributed by atoms with E-state index in [9.17, 15) is 0 Å². The number of aryl methyl sites for hydroxylation is 1. The van der Waals surface area contributed by atoms with Gasteiger partial charge in [0.05, 0.1) is 7.11 Å². The number of rotatable bonds is 4. The number of nitrogens with zero attached hydrogens (tertiary/aromatic N) is 2. The molecule has 1 saturated heterocycles. The second kappa shape index (κ2) is 7.65. The average molecular weight is 322 g/mol. The zero-order valence-corrected chi connectivity index (χ0v) is 14.1. The molecule has 0 amide bonds. The zero-order valence-electron chi connectivity index (χ0n) is 13.3. The van der Waals surface area contributed by atoms with E-state index >= 15 is 0 Å². The number of hydrogen-bond acceptors (Lipinski definition) is 4. The van der Waals surface area contributed by atoms with E-state index in [4.69, 9.17) is 9.72 Å². The fourth-order valence-electron chi connectivity index (χ4n) is 2.97. The summed E-state index contributed by atoms with van der Waals surface area (Å²) in [6, 6.07) is 8.45. The van der Waals surface area contributed by atoms with E-state index in [0.717, 1.165) is 56.0 Å². The van der Waals surface area contributed by atoms with Gasteiger partial charge in [-0.1, -0.05) is 25.5 Å². The normalized spacial score (nSPS) is 14.7. The number of ether oxygens (including phenoxy) is 1. The van der Waals surface area contributed by atoms with E-state index in [1.165, 1.54) is 11.1 Å². The van der Waals surface area contributed by atoms with Crippen LogP contribution in [0.4, 0.5) is 5.69 Å². The molecule has 0 atom stereocenters. The Bertz CT molecular complexity index is 627. The van der Waals surface area contributed by atoms with E-state index in [1.54, 1.807) is 7.11 Å². The van der Waals surface area contributed by atoms with Crippen molar-refractivity contribution in [2.75, 3.05) is 38.2 Å². The minimum atomic E-state index is 0. The van der Waals surface area contributed by atoms with Crippen molar-refractivity contribution in [2.45, 2.75) is 19.8 Å². The number of para-hydroxylation sites is 1. The lowest BCUT2D eigenvalue weighted by atomic mass is 10.1. The molecule has 0 spiro atoms. The molecule has 2 aromatic rings. The van der Waals surface area contributed by atoms with Gasteiger partial charge in [0.15, 0.2) is 0 Å². The molecule has 3 rings (SSSR count). The van der Waals surface area contributed by atoms with Crippen LogP contribution in [0.1, 0.15) is 19.0 Å². The molecule has 1 aliphatic heterocycles. The number of aromatic nitrogens is 1. The number of fused-ring (bicyclic) bond motifs is 1. The van der Waals surface area contributed by atoms with Crippen LogP contribution in [0.25, 0.3) is 10.9 Å². The van der Waals surface area contributed by atoms with Crippen LogP contribution < -0.4 is 15.0 Å².